The zero-order valence-electron chi connectivity index (χ0n) is 14.1. The van der Waals surface area contributed by atoms with Gasteiger partial charge in [-0.05, 0) is 37.5 Å². The fourth-order valence-electron chi connectivity index (χ4n) is 3.22. The van der Waals surface area contributed by atoms with Crippen LogP contribution in [0.1, 0.15) is 38.2 Å². The highest BCUT2D eigenvalue weighted by molar-refractivity contribution is 7.90. The zero-order chi connectivity index (χ0) is 17.3. The van der Waals surface area contributed by atoms with Crippen LogP contribution in [-0.2, 0) is 21.2 Å². The van der Waals surface area contributed by atoms with Gasteiger partial charge < -0.3 is 10.6 Å². The van der Waals surface area contributed by atoms with Crippen molar-refractivity contribution in [2.24, 2.45) is 11.7 Å². The number of carbonyl (C=O) groups excluding carboxylic acids is 1. The van der Waals surface area contributed by atoms with Crippen LogP contribution in [0.25, 0.3) is 0 Å². The summed E-state index contributed by atoms with van der Waals surface area (Å²) in [6.45, 7) is 2.42. The van der Waals surface area contributed by atoms with E-state index in [1.165, 1.54) is 6.26 Å². The summed E-state index contributed by atoms with van der Waals surface area (Å²) in [5.74, 6) is -0.0709. The Morgan fingerprint density at radius 1 is 1.30 bits per heavy atom. The molecule has 2 atom stereocenters. The molecule has 1 amide bonds. The minimum Gasteiger partial charge on any atom is -0.341 e. The Balaban J connectivity index is 2.06. The van der Waals surface area contributed by atoms with E-state index in [0.717, 1.165) is 31.2 Å². The molecule has 0 bridgehead atoms. The summed E-state index contributed by atoms with van der Waals surface area (Å²) in [5, 5.41) is 0. The molecule has 1 aliphatic carbocycles. The van der Waals surface area contributed by atoms with Crippen LogP contribution < -0.4 is 5.73 Å². The van der Waals surface area contributed by atoms with Gasteiger partial charge in [0.25, 0.3) is 0 Å². The van der Waals surface area contributed by atoms with Gasteiger partial charge in [0, 0.05) is 25.4 Å². The second kappa shape index (κ2) is 6.61. The highest BCUT2D eigenvalue weighted by Gasteiger charge is 2.39. The van der Waals surface area contributed by atoms with Crippen LogP contribution in [0, 0.1) is 5.92 Å². The van der Waals surface area contributed by atoms with E-state index in [-0.39, 0.29) is 16.7 Å². The Hall–Kier alpha value is -1.40. The summed E-state index contributed by atoms with van der Waals surface area (Å²) in [6, 6.07) is 6.67. The van der Waals surface area contributed by atoms with Crippen LogP contribution in [-0.4, -0.2) is 38.1 Å². The van der Waals surface area contributed by atoms with Crippen molar-refractivity contribution in [1.29, 1.82) is 0 Å². The fraction of sp³-hybridized carbons (Fsp3) is 0.588. The van der Waals surface area contributed by atoms with E-state index in [1.807, 2.05) is 6.92 Å². The summed E-state index contributed by atoms with van der Waals surface area (Å²) < 4.78 is 22.9. The molecule has 0 saturated heterocycles. The van der Waals surface area contributed by atoms with E-state index in [2.05, 4.69) is 0 Å². The third-order valence-electron chi connectivity index (χ3n) is 4.70. The molecule has 1 saturated carbocycles. The van der Waals surface area contributed by atoms with Crippen molar-refractivity contribution in [3.05, 3.63) is 29.8 Å². The Kier molecular flexibility index (Phi) is 5.16. The highest BCUT2D eigenvalue weighted by Crippen LogP contribution is 2.33. The lowest BCUT2D eigenvalue weighted by atomic mass is 9.74. The predicted octanol–water partition coefficient (Wildman–Crippen LogP) is 1.96. The molecule has 2 N–H and O–H groups in total. The van der Waals surface area contributed by atoms with E-state index < -0.39 is 15.4 Å². The highest BCUT2D eigenvalue weighted by atomic mass is 32.2. The van der Waals surface area contributed by atoms with E-state index >= 15 is 0 Å². The SMILES string of the molecule is CN(Cc1ccc(S(C)(=O)=O)cc1)C(=O)C1CCCCC1(C)N. The van der Waals surface area contributed by atoms with Gasteiger partial charge in [-0.3, -0.25) is 4.79 Å². The van der Waals surface area contributed by atoms with Crippen molar-refractivity contribution < 1.29 is 13.2 Å². The maximum Gasteiger partial charge on any atom is 0.227 e. The van der Waals surface area contributed by atoms with Gasteiger partial charge in [0.2, 0.25) is 5.91 Å². The van der Waals surface area contributed by atoms with E-state index in [4.69, 9.17) is 5.73 Å². The monoisotopic (exact) mass is 338 g/mol. The van der Waals surface area contributed by atoms with Gasteiger partial charge in [0.1, 0.15) is 0 Å². The molecule has 23 heavy (non-hydrogen) atoms. The van der Waals surface area contributed by atoms with Crippen LogP contribution in [0.3, 0.4) is 0 Å². The molecule has 1 aliphatic rings. The molecule has 2 unspecified atom stereocenters. The quantitative estimate of drug-likeness (QED) is 0.910. The van der Waals surface area contributed by atoms with Crippen molar-refractivity contribution in [2.75, 3.05) is 13.3 Å². The van der Waals surface area contributed by atoms with Gasteiger partial charge in [0.15, 0.2) is 9.84 Å². The van der Waals surface area contributed by atoms with E-state index in [9.17, 15) is 13.2 Å². The van der Waals surface area contributed by atoms with Crippen LogP contribution in [0.5, 0.6) is 0 Å². The summed E-state index contributed by atoms with van der Waals surface area (Å²) in [6.07, 6.45) is 5.01. The Morgan fingerprint density at radius 3 is 2.43 bits per heavy atom. The number of hydrogen-bond acceptors (Lipinski definition) is 4. The predicted molar refractivity (Wildman–Crippen MR) is 90.6 cm³/mol. The van der Waals surface area contributed by atoms with Gasteiger partial charge in [0.05, 0.1) is 10.8 Å². The molecule has 1 fully saturated rings. The third-order valence-corrected chi connectivity index (χ3v) is 5.83. The van der Waals surface area contributed by atoms with Crippen molar-refractivity contribution in [2.45, 2.75) is 49.6 Å². The standard InChI is InChI=1S/C17H26N2O3S/c1-17(18)11-5-4-6-15(17)16(20)19(2)12-13-7-9-14(10-8-13)23(3,21)22/h7-10,15H,4-6,11-12,18H2,1-3H3. The molecule has 0 heterocycles. The van der Waals surface area contributed by atoms with Crippen molar-refractivity contribution in [1.82, 2.24) is 4.90 Å². The van der Waals surface area contributed by atoms with Gasteiger partial charge in [-0.25, -0.2) is 8.42 Å². The minimum absolute atomic E-state index is 0.0712. The Bertz CT molecular complexity index is 666. The molecular weight excluding hydrogens is 312 g/mol. The Labute approximate surface area is 138 Å². The molecule has 0 aliphatic heterocycles. The van der Waals surface area contributed by atoms with E-state index in [0.29, 0.717) is 6.54 Å². The molecule has 5 nitrogen and oxygen atoms in total. The molecule has 2 rings (SSSR count). The zero-order valence-corrected chi connectivity index (χ0v) is 14.9. The van der Waals surface area contributed by atoms with Crippen molar-refractivity contribution in [3.8, 4) is 0 Å². The molecule has 1 aromatic carbocycles. The maximum absolute atomic E-state index is 12.7. The molecule has 0 radical (unpaired) electrons. The molecule has 6 heteroatoms. The number of nitrogens with zero attached hydrogens (tertiary/aromatic N) is 1. The summed E-state index contributed by atoms with van der Waals surface area (Å²) in [7, 11) is -1.42. The largest absolute Gasteiger partial charge is 0.341 e. The Morgan fingerprint density at radius 2 is 1.91 bits per heavy atom. The number of hydrogen-bond donors (Lipinski definition) is 1. The maximum atomic E-state index is 12.7. The topological polar surface area (TPSA) is 80.5 Å². The lowest BCUT2D eigenvalue weighted by molar-refractivity contribution is -0.138. The first-order valence-corrected chi connectivity index (χ1v) is 9.83. The van der Waals surface area contributed by atoms with Gasteiger partial charge in [-0.2, -0.15) is 0 Å². The van der Waals surface area contributed by atoms with Crippen LogP contribution in [0.2, 0.25) is 0 Å². The second-order valence-corrected chi connectivity index (χ2v) is 8.93. The molecular formula is C17H26N2O3S. The normalized spacial score (nSPS) is 25.1. The van der Waals surface area contributed by atoms with Crippen LogP contribution in [0.15, 0.2) is 29.2 Å². The second-order valence-electron chi connectivity index (χ2n) is 6.91. The van der Waals surface area contributed by atoms with E-state index in [1.54, 1.807) is 36.2 Å². The molecule has 0 spiro atoms. The van der Waals surface area contributed by atoms with Crippen LogP contribution in [0.4, 0.5) is 0 Å². The number of benzene rings is 1. The summed E-state index contributed by atoms with van der Waals surface area (Å²) in [4.78, 5) is 14.7. The smallest absolute Gasteiger partial charge is 0.227 e. The number of rotatable bonds is 4. The number of nitrogens with two attached hydrogens (primary N) is 1. The lowest BCUT2D eigenvalue weighted by Gasteiger charge is -2.39. The summed E-state index contributed by atoms with van der Waals surface area (Å²) in [5.41, 5.74) is 6.77. The average molecular weight is 338 g/mol. The fourth-order valence-corrected chi connectivity index (χ4v) is 3.85. The number of sulfone groups is 1. The summed E-state index contributed by atoms with van der Waals surface area (Å²) >= 11 is 0. The first kappa shape index (κ1) is 17.9. The van der Waals surface area contributed by atoms with Crippen molar-refractivity contribution >= 4 is 15.7 Å². The van der Waals surface area contributed by atoms with Gasteiger partial charge in [-0.15, -0.1) is 0 Å². The first-order valence-electron chi connectivity index (χ1n) is 7.94. The number of amides is 1. The van der Waals surface area contributed by atoms with Crippen LogP contribution >= 0.6 is 0 Å². The first-order chi connectivity index (χ1) is 10.6. The molecule has 1 aromatic rings. The van der Waals surface area contributed by atoms with Gasteiger partial charge >= 0.3 is 0 Å². The van der Waals surface area contributed by atoms with Crippen molar-refractivity contribution in [3.63, 3.8) is 0 Å². The number of carbonyl (C=O) groups is 1. The minimum atomic E-state index is -3.19. The third kappa shape index (κ3) is 4.32. The molecule has 128 valence electrons. The van der Waals surface area contributed by atoms with Gasteiger partial charge in [-0.1, -0.05) is 25.0 Å². The molecule has 0 aromatic heterocycles. The lowest BCUT2D eigenvalue weighted by Crippen LogP contribution is -2.53. The average Bonchev–Trinajstić information content (AvgIpc) is 2.45.